The predicted octanol–water partition coefficient (Wildman–Crippen LogP) is 7.86. The van der Waals surface area contributed by atoms with Crippen LogP contribution in [0.3, 0.4) is 0 Å². The highest BCUT2D eigenvalue weighted by Gasteiger charge is 2.33. The molecule has 4 nitrogen and oxygen atoms in total. The summed E-state index contributed by atoms with van der Waals surface area (Å²) in [7, 11) is 0. The summed E-state index contributed by atoms with van der Waals surface area (Å²) >= 11 is 5.00. The molecule has 5 rings (SSSR count). The second-order valence-electron chi connectivity index (χ2n) is 8.22. The molecule has 3 aromatic carbocycles. The van der Waals surface area contributed by atoms with Crippen molar-refractivity contribution in [1.29, 1.82) is 0 Å². The molecular formula is C29H23BrN2O2S. The zero-order valence-corrected chi connectivity index (χ0v) is 21.6. The number of aliphatic imine (C=N–C) groups is 1. The molecule has 174 valence electrons. The van der Waals surface area contributed by atoms with Crippen LogP contribution in [-0.2, 0) is 11.2 Å². The van der Waals surface area contributed by atoms with Crippen molar-refractivity contribution in [1.82, 2.24) is 4.90 Å². The van der Waals surface area contributed by atoms with E-state index in [1.807, 2.05) is 85.8 Å². The summed E-state index contributed by atoms with van der Waals surface area (Å²) in [6, 6.07) is 29.9. The van der Waals surface area contributed by atoms with E-state index >= 15 is 0 Å². The van der Waals surface area contributed by atoms with Crippen molar-refractivity contribution < 1.29 is 9.21 Å². The van der Waals surface area contributed by atoms with Crippen LogP contribution in [0.15, 0.2) is 110 Å². The summed E-state index contributed by atoms with van der Waals surface area (Å²) in [6.45, 7) is 2.60. The quantitative estimate of drug-likeness (QED) is 0.233. The molecule has 4 aromatic rings. The van der Waals surface area contributed by atoms with Crippen molar-refractivity contribution in [2.45, 2.75) is 13.3 Å². The number of furan rings is 1. The minimum absolute atomic E-state index is 0.0601. The van der Waals surface area contributed by atoms with Crippen LogP contribution in [0.1, 0.15) is 16.9 Å². The van der Waals surface area contributed by atoms with Crippen molar-refractivity contribution in [3.63, 3.8) is 0 Å². The standard InChI is InChI=1S/C29H23BrN2O2S/c1-20-12-14-24(25(30)18-20)26-15-13-23(34-26)19-27-28(33)32(17-16-21-8-4-2-5-9-21)29(35-27)31-22-10-6-3-7-11-22/h2-15,18-19H,16-17H2,1H3. The Labute approximate surface area is 217 Å². The maximum atomic E-state index is 13.4. The zero-order valence-electron chi connectivity index (χ0n) is 19.1. The monoisotopic (exact) mass is 542 g/mol. The Bertz CT molecular complexity index is 1410. The van der Waals surface area contributed by atoms with E-state index in [1.165, 1.54) is 22.9 Å². The van der Waals surface area contributed by atoms with Crippen LogP contribution in [-0.4, -0.2) is 22.5 Å². The lowest BCUT2D eigenvalue weighted by Gasteiger charge is -2.15. The molecule has 1 aliphatic heterocycles. The fourth-order valence-corrected chi connectivity index (χ4v) is 5.50. The molecule has 35 heavy (non-hydrogen) atoms. The average molecular weight is 543 g/mol. The Morgan fingerprint density at radius 1 is 0.971 bits per heavy atom. The van der Waals surface area contributed by atoms with Crippen LogP contribution >= 0.6 is 27.7 Å². The van der Waals surface area contributed by atoms with Crippen LogP contribution in [0.25, 0.3) is 17.4 Å². The first kappa shape index (κ1) is 23.4. The Hall–Kier alpha value is -3.35. The molecule has 1 aromatic heterocycles. The molecule has 0 radical (unpaired) electrons. The third-order valence-corrected chi connectivity index (χ3v) is 7.29. The predicted molar refractivity (Wildman–Crippen MR) is 148 cm³/mol. The smallest absolute Gasteiger partial charge is 0.266 e. The van der Waals surface area contributed by atoms with E-state index in [4.69, 9.17) is 9.41 Å². The molecule has 0 N–H and O–H groups in total. The SMILES string of the molecule is Cc1ccc(-c2ccc(C=C3SC(=Nc4ccccc4)N(CCc4ccccc4)C3=O)o2)c(Br)c1. The number of carbonyl (C=O) groups is 1. The van der Waals surface area contributed by atoms with Gasteiger partial charge in [-0.15, -0.1) is 0 Å². The summed E-state index contributed by atoms with van der Waals surface area (Å²) in [5.41, 5.74) is 4.14. The van der Waals surface area contributed by atoms with Crippen LogP contribution in [0, 0.1) is 6.92 Å². The number of amides is 1. The summed E-state index contributed by atoms with van der Waals surface area (Å²) < 4.78 is 7.06. The highest BCUT2D eigenvalue weighted by Crippen LogP contribution is 2.36. The fourth-order valence-electron chi connectivity index (χ4n) is 3.81. The third kappa shape index (κ3) is 5.50. The number of rotatable bonds is 6. The van der Waals surface area contributed by atoms with Gasteiger partial charge in [-0.3, -0.25) is 9.69 Å². The van der Waals surface area contributed by atoms with Gasteiger partial charge in [0, 0.05) is 22.7 Å². The molecule has 6 heteroatoms. The van der Waals surface area contributed by atoms with Gasteiger partial charge in [-0.1, -0.05) is 70.5 Å². The Morgan fingerprint density at radius 2 is 1.71 bits per heavy atom. The molecule has 1 saturated heterocycles. The van der Waals surface area contributed by atoms with Gasteiger partial charge in [-0.2, -0.15) is 0 Å². The number of hydrogen-bond acceptors (Lipinski definition) is 4. The average Bonchev–Trinajstić information content (AvgIpc) is 3.44. The highest BCUT2D eigenvalue weighted by atomic mass is 79.9. The Morgan fingerprint density at radius 3 is 2.46 bits per heavy atom. The molecule has 0 bridgehead atoms. The normalized spacial score (nSPS) is 15.9. The van der Waals surface area contributed by atoms with Gasteiger partial charge >= 0.3 is 0 Å². The number of carbonyl (C=O) groups excluding carboxylic acids is 1. The van der Waals surface area contributed by atoms with Gasteiger partial charge in [0.05, 0.1) is 10.6 Å². The topological polar surface area (TPSA) is 45.8 Å². The molecule has 0 saturated carbocycles. The molecule has 1 aliphatic rings. The molecule has 2 heterocycles. The Kier molecular flexibility index (Phi) is 7.02. The van der Waals surface area contributed by atoms with Crippen LogP contribution < -0.4 is 0 Å². The van der Waals surface area contributed by atoms with Gasteiger partial charge < -0.3 is 4.42 Å². The van der Waals surface area contributed by atoms with E-state index in [-0.39, 0.29) is 5.91 Å². The number of benzene rings is 3. The summed E-state index contributed by atoms with van der Waals surface area (Å²) in [6.07, 6.45) is 2.56. The van der Waals surface area contributed by atoms with Gasteiger partial charge in [0.25, 0.3) is 5.91 Å². The van der Waals surface area contributed by atoms with E-state index in [9.17, 15) is 4.79 Å². The van der Waals surface area contributed by atoms with Crippen molar-refractivity contribution >= 4 is 50.5 Å². The second kappa shape index (κ2) is 10.5. The maximum absolute atomic E-state index is 13.4. The largest absolute Gasteiger partial charge is 0.457 e. The first-order valence-electron chi connectivity index (χ1n) is 11.3. The lowest BCUT2D eigenvalue weighted by Crippen LogP contribution is -2.31. The summed E-state index contributed by atoms with van der Waals surface area (Å²) in [4.78, 5) is 20.5. The van der Waals surface area contributed by atoms with Gasteiger partial charge in [0.1, 0.15) is 11.5 Å². The first-order chi connectivity index (χ1) is 17.1. The summed E-state index contributed by atoms with van der Waals surface area (Å²) in [5.74, 6) is 1.32. The van der Waals surface area contributed by atoms with Gasteiger partial charge in [-0.05, 0) is 72.6 Å². The van der Waals surface area contributed by atoms with Gasteiger partial charge in [0.2, 0.25) is 0 Å². The third-order valence-electron chi connectivity index (χ3n) is 5.63. The van der Waals surface area contributed by atoms with Crippen molar-refractivity contribution in [2.24, 2.45) is 4.99 Å². The second-order valence-corrected chi connectivity index (χ2v) is 10.1. The van der Waals surface area contributed by atoms with Crippen LogP contribution in [0.2, 0.25) is 0 Å². The molecule has 0 unspecified atom stereocenters. The van der Waals surface area contributed by atoms with Crippen LogP contribution in [0.5, 0.6) is 0 Å². The molecule has 1 fully saturated rings. The maximum Gasteiger partial charge on any atom is 0.266 e. The molecule has 1 amide bonds. The highest BCUT2D eigenvalue weighted by molar-refractivity contribution is 9.10. The molecule has 0 aliphatic carbocycles. The molecule has 0 spiro atoms. The number of aryl methyl sites for hydroxylation is 1. The number of halogens is 1. The van der Waals surface area contributed by atoms with Crippen molar-refractivity contribution in [2.75, 3.05) is 6.54 Å². The van der Waals surface area contributed by atoms with E-state index in [2.05, 4.69) is 34.1 Å². The van der Waals surface area contributed by atoms with Crippen LogP contribution in [0.4, 0.5) is 5.69 Å². The molecular weight excluding hydrogens is 520 g/mol. The number of nitrogens with zero attached hydrogens (tertiary/aromatic N) is 2. The van der Waals surface area contributed by atoms with Crippen molar-refractivity contribution in [3.8, 4) is 11.3 Å². The lowest BCUT2D eigenvalue weighted by molar-refractivity contribution is -0.122. The number of para-hydroxylation sites is 1. The number of hydrogen-bond donors (Lipinski definition) is 0. The zero-order chi connectivity index (χ0) is 24.2. The minimum atomic E-state index is -0.0601. The van der Waals surface area contributed by atoms with Gasteiger partial charge in [-0.25, -0.2) is 4.99 Å². The number of thioether (sulfide) groups is 1. The van der Waals surface area contributed by atoms with E-state index < -0.39 is 0 Å². The minimum Gasteiger partial charge on any atom is -0.457 e. The summed E-state index contributed by atoms with van der Waals surface area (Å²) in [5, 5.41) is 0.677. The number of amidine groups is 1. The fraction of sp³-hybridized carbons (Fsp3) is 0.103. The van der Waals surface area contributed by atoms with Gasteiger partial charge in [0.15, 0.2) is 5.17 Å². The Balaban J connectivity index is 1.42. The first-order valence-corrected chi connectivity index (χ1v) is 12.9. The lowest BCUT2D eigenvalue weighted by atomic mass is 10.1. The molecule has 0 atom stereocenters. The van der Waals surface area contributed by atoms with E-state index in [1.54, 1.807) is 4.90 Å². The van der Waals surface area contributed by atoms with E-state index in [0.717, 1.165) is 27.9 Å². The van der Waals surface area contributed by atoms with Crippen molar-refractivity contribution in [3.05, 3.63) is 117 Å². The van der Waals surface area contributed by atoms with E-state index in [0.29, 0.717) is 22.4 Å².